The van der Waals surface area contributed by atoms with Gasteiger partial charge in [0.15, 0.2) is 0 Å². The minimum absolute atomic E-state index is 0.251. The molecular weight excluding hydrogens is 304 g/mol. The van der Waals surface area contributed by atoms with E-state index < -0.39 is 5.60 Å². The molecule has 0 unspecified atom stereocenters. The fourth-order valence-corrected chi connectivity index (χ4v) is 2.90. The fourth-order valence-electron chi connectivity index (χ4n) is 2.90. The Balaban J connectivity index is 1.79. The van der Waals surface area contributed by atoms with Crippen LogP contribution in [0.15, 0.2) is 30.5 Å². The third kappa shape index (κ3) is 3.40. The summed E-state index contributed by atoms with van der Waals surface area (Å²) in [5, 5.41) is 1.14. The van der Waals surface area contributed by atoms with Gasteiger partial charge in [0.2, 0.25) is 0 Å². The standard InChI is InChI=1S/C19H24N2O3/c1-19(2,3)24-18(22)21-9-7-13(8-10-21)16-12-20-17-6-5-14(23-4)11-15(16)17/h5-7,11-12,20H,8-10H2,1-4H3. The Bertz CT molecular complexity index is 783. The molecular formula is C19H24N2O3. The molecule has 2 heterocycles. The average Bonchev–Trinajstić information content (AvgIpc) is 2.96. The van der Waals surface area contributed by atoms with Crippen molar-refractivity contribution in [2.75, 3.05) is 20.2 Å². The lowest BCUT2D eigenvalue weighted by molar-refractivity contribution is 0.0270. The Hall–Kier alpha value is -2.43. The van der Waals surface area contributed by atoms with Gasteiger partial charge in [-0.1, -0.05) is 6.08 Å². The molecule has 5 nitrogen and oxygen atoms in total. The number of aromatic amines is 1. The first-order valence-corrected chi connectivity index (χ1v) is 8.20. The molecule has 3 rings (SSSR count). The second kappa shape index (κ2) is 6.23. The quantitative estimate of drug-likeness (QED) is 0.899. The minimum Gasteiger partial charge on any atom is -0.497 e. The van der Waals surface area contributed by atoms with E-state index >= 15 is 0 Å². The summed E-state index contributed by atoms with van der Waals surface area (Å²) in [6.07, 6.45) is 4.69. The van der Waals surface area contributed by atoms with Crippen molar-refractivity contribution in [1.29, 1.82) is 0 Å². The van der Waals surface area contributed by atoms with Crippen LogP contribution in [-0.4, -0.2) is 41.8 Å². The molecule has 1 aliphatic heterocycles. The van der Waals surface area contributed by atoms with Crippen LogP contribution in [-0.2, 0) is 4.74 Å². The van der Waals surface area contributed by atoms with Gasteiger partial charge < -0.3 is 19.4 Å². The predicted molar refractivity (Wildman–Crippen MR) is 95.3 cm³/mol. The maximum absolute atomic E-state index is 12.2. The van der Waals surface area contributed by atoms with Gasteiger partial charge in [-0.3, -0.25) is 0 Å². The van der Waals surface area contributed by atoms with Crippen LogP contribution in [0.5, 0.6) is 5.75 Å². The van der Waals surface area contributed by atoms with Gasteiger partial charge in [-0.25, -0.2) is 4.79 Å². The third-order valence-corrected chi connectivity index (χ3v) is 4.10. The van der Waals surface area contributed by atoms with Crippen LogP contribution in [0.1, 0.15) is 32.8 Å². The Morgan fingerprint density at radius 1 is 1.29 bits per heavy atom. The lowest BCUT2D eigenvalue weighted by Gasteiger charge is -2.29. The minimum atomic E-state index is -0.464. The molecule has 0 bridgehead atoms. The molecule has 1 aromatic carbocycles. The molecule has 0 saturated heterocycles. The normalized spacial score (nSPS) is 15.3. The third-order valence-electron chi connectivity index (χ3n) is 4.10. The van der Waals surface area contributed by atoms with E-state index in [-0.39, 0.29) is 6.09 Å². The van der Waals surface area contributed by atoms with Crippen molar-refractivity contribution in [3.05, 3.63) is 36.0 Å². The van der Waals surface area contributed by atoms with Crippen molar-refractivity contribution in [2.45, 2.75) is 32.8 Å². The van der Waals surface area contributed by atoms with Gasteiger partial charge >= 0.3 is 6.09 Å². The second-order valence-corrected chi connectivity index (χ2v) is 7.02. The molecule has 128 valence electrons. The molecule has 0 fully saturated rings. The molecule has 0 aliphatic carbocycles. The highest BCUT2D eigenvalue weighted by atomic mass is 16.6. The predicted octanol–water partition coefficient (Wildman–Crippen LogP) is 4.20. The molecule has 1 N–H and O–H groups in total. The lowest BCUT2D eigenvalue weighted by atomic mass is 9.99. The highest BCUT2D eigenvalue weighted by Crippen LogP contribution is 2.31. The number of nitrogens with zero attached hydrogens (tertiary/aromatic N) is 1. The number of benzene rings is 1. The maximum Gasteiger partial charge on any atom is 0.410 e. The molecule has 1 amide bonds. The highest BCUT2D eigenvalue weighted by molar-refractivity contribution is 5.93. The maximum atomic E-state index is 12.2. The summed E-state index contributed by atoms with van der Waals surface area (Å²) in [5.74, 6) is 0.843. The van der Waals surface area contributed by atoms with E-state index in [0.717, 1.165) is 23.1 Å². The number of fused-ring (bicyclic) bond motifs is 1. The number of methoxy groups -OCH3 is 1. The number of rotatable bonds is 2. The molecule has 0 atom stereocenters. The molecule has 2 aromatic rings. The second-order valence-electron chi connectivity index (χ2n) is 7.02. The summed E-state index contributed by atoms with van der Waals surface area (Å²) in [4.78, 5) is 17.2. The van der Waals surface area contributed by atoms with Crippen molar-refractivity contribution < 1.29 is 14.3 Å². The van der Waals surface area contributed by atoms with Gasteiger partial charge in [0.1, 0.15) is 11.4 Å². The number of hydrogen-bond donors (Lipinski definition) is 1. The van der Waals surface area contributed by atoms with Crippen molar-refractivity contribution in [3.63, 3.8) is 0 Å². The van der Waals surface area contributed by atoms with E-state index in [2.05, 4.69) is 11.1 Å². The first kappa shape index (κ1) is 16.4. The van der Waals surface area contributed by atoms with Crippen LogP contribution in [0.4, 0.5) is 4.79 Å². The lowest BCUT2D eigenvalue weighted by Crippen LogP contribution is -2.39. The Labute approximate surface area is 142 Å². The summed E-state index contributed by atoms with van der Waals surface area (Å²) in [5.41, 5.74) is 3.04. The van der Waals surface area contributed by atoms with Crippen LogP contribution in [0.3, 0.4) is 0 Å². The van der Waals surface area contributed by atoms with E-state index in [4.69, 9.17) is 9.47 Å². The van der Waals surface area contributed by atoms with Gasteiger partial charge in [-0.15, -0.1) is 0 Å². The first-order valence-electron chi connectivity index (χ1n) is 8.20. The number of amides is 1. The van der Waals surface area contributed by atoms with E-state index in [0.29, 0.717) is 13.1 Å². The SMILES string of the molecule is COc1ccc2[nH]cc(C3=CCN(C(=O)OC(C)(C)C)CC3)c2c1. The van der Waals surface area contributed by atoms with Crippen LogP contribution in [0.25, 0.3) is 16.5 Å². The molecule has 1 aliphatic rings. The number of carbonyl (C=O) groups excluding carboxylic acids is 1. The summed E-state index contributed by atoms with van der Waals surface area (Å²) in [7, 11) is 1.67. The number of H-pyrrole nitrogens is 1. The van der Waals surface area contributed by atoms with Gasteiger partial charge in [0, 0.05) is 35.8 Å². The van der Waals surface area contributed by atoms with Gasteiger partial charge in [-0.2, -0.15) is 0 Å². The zero-order valence-corrected chi connectivity index (χ0v) is 14.7. The Morgan fingerprint density at radius 3 is 2.71 bits per heavy atom. The van der Waals surface area contributed by atoms with Crippen LogP contribution >= 0.6 is 0 Å². The molecule has 5 heteroatoms. The van der Waals surface area contributed by atoms with E-state index in [1.807, 2.05) is 45.2 Å². The van der Waals surface area contributed by atoms with E-state index in [1.54, 1.807) is 12.0 Å². The number of ether oxygens (including phenoxy) is 2. The monoisotopic (exact) mass is 328 g/mol. The molecule has 24 heavy (non-hydrogen) atoms. The topological polar surface area (TPSA) is 54.6 Å². The molecule has 0 spiro atoms. The largest absolute Gasteiger partial charge is 0.497 e. The molecule has 0 saturated carbocycles. The van der Waals surface area contributed by atoms with Crippen LogP contribution < -0.4 is 4.74 Å². The van der Waals surface area contributed by atoms with Crippen molar-refractivity contribution in [2.24, 2.45) is 0 Å². The highest BCUT2D eigenvalue weighted by Gasteiger charge is 2.24. The first-order chi connectivity index (χ1) is 11.4. The Morgan fingerprint density at radius 2 is 2.08 bits per heavy atom. The summed E-state index contributed by atoms with van der Waals surface area (Å²) >= 11 is 0. The number of hydrogen-bond acceptors (Lipinski definition) is 3. The van der Waals surface area contributed by atoms with Crippen LogP contribution in [0.2, 0.25) is 0 Å². The summed E-state index contributed by atoms with van der Waals surface area (Å²) in [6, 6.07) is 6.01. The smallest absolute Gasteiger partial charge is 0.410 e. The number of nitrogens with one attached hydrogen (secondary N) is 1. The van der Waals surface area contributed by atoms with Gasteiger partial charge in [-0.05, 0) is 51.0 Å². The van der Waals surface area contributed by atoms with E-state index in [1.165, 1.54) is 11.1 Å². The van der Waals surface area contributed by atoms with Gasteiger partial charge in [0.25, 0.3) is 0 Å². The van der Waals surface area contributed by atoms with E-state index in [9.17, 15) is 4.79 Å². The van der Waals surface area contributed by atoms with Crippen molar-refractivity contribution in [1.82, 2.24) is 9.88 Å². The van der Waals surface area contributed by atoms with Crippen LogP contribution in [0, 0.1) is 0 Å². The van der Waals surface area contributed by atoms with Gasteiger partial charge in [0.05, 0.1) is 7.11 Å². The fraction of sp³-hybridized carbons (Fsp3) is 0.421. The zero-order chi connectivity index (χ0) is 17.3. The summed E-state index contributed by atoms with van der Waals surface area (Å²) in [6.45, 7) is 6.89. The molecule has 0 radical (unpaired) electrons. The molecule has 1 aromatic heterocycles. The summed E-state index contributed by atoms with van der Waals surface area (Å²) < 4.78 is 10.8. The van der Waals surface area contributed by atoms with Crippen molar-refractivity contribution in [3.8, 4) is 5.75 Å². The zero-order valence-electron chi connectivity index (χ0n) is 14.7. The number of aromatic nitrogens is 1. The average molecular weight is 328 g/mol. The number of carbonyl (C=O) groups is 1. The van der Waals surface area contributed by atoms with Crippen molar-refractivity contribution >= 4 is 22.6 Å². The Kier molecular flexibility index (Phi) is 4.26.